The normalized spacial score (nSPS) is 15.5. The summed E-state index contributed by atoms with van der Waals surface area (Å²) in [6, 6.07) is 8.71. The first kappa shape index (κ1) is 12.8. The summed E-state index contributed by atoms with van der Waals surface area (Å²) >= 11 is 0. The highest BCUT2D eigenvalue weighted by Gasteiger charge is 2.15. The maximum Gasteiger partial charge on any atom is 0.188 e. The second-order valence-electron chi connectivity index (χ2n) is 4.78. The molecule has 3 heteroatoms. The van der Waals surface area contributed by atoms with E-state index in [1.807, 2.05) is 6.07 Å². The molecule has 0 atom stereocenters. The minimum absolute atomic E-state index is 0.0162. The third kappa shape index (κ3) is 3.41. The predicted octanol–water partition coefficient (Wildman–Crippen LogP) is 2.95. The van der Waals surface area contributed by atoms with Gasteiger partial charge in [0.05, 0.1) is 18.2 Å². The Morgan fingerprint density at radius 3 is 2.56 bits per heavy atom. The SMILES string of the molecule is N#Cc1ccc(C(=O)COCC2CCCC2)cc1. The number of nitriles is 1. The van der Waals surface area contributed by atoms with Gasteiger partial charge in [-0.3, -0.25) is 4.79 Å². The number of carbonyl (C=O) groups excluding carboxylic acids is 1. The molecule has 0 aromatic heterocycles. The van der Waals surface area contributed by atoms with Crippen molar-refractivity contribution in [2.24, 2.45) is 5.92 Å². The van der Waals surface area contributed by atoms with Gasteiger partial charge in [0, 0.05) is 5.56 Å². The highest BCUT2D eigenvalue weighted by Crippen LogP contribution is 2.24. The number of hydrogen-bond acceptors (Lipinski definition) is 3. The van der Waals surface area contributed by atoms with E-state index in [2.05, 4.69) is 0 Å². The number of rotatable bonds is 5. The zero-order chi connectivity index (χ0) is 12.8. The Morgan fingerprint density at radius 2 is 1.94 bits per heavy atom. The monoisotopic (exact) mass is 243 g/mol. The molecule has 0 spiro atoms. The van der Waals surface area contributed by atoms with Crippen molar-refractivity contribution in [3.63, 3.8) is 0 Å². The molecule has 2 rings (SSSR count). The van der Waals surface area contributed by atoms with Crippen LogP contribution in [0.3, 0.4) is 0 Å². The van der Waals surface area contributed by atoms with Crippen LogP contribution in [0.4, 0.5) is 0 Å². The van der Waals surface area contributed by atoms with E-state index >= 15 is 0 Å². The minimum Gasteiger partial charge on any atom is -0.373 e. The lowest BCUT2D eigenvalue weighted by molar-refractivity contribution is 0.0681. The van der Waals surface area contributed by atoms with Crippen molar-refractivity contribution in [3.8, 4) is 6.07 Å². The Morgan fingerprint density at radius 1 is 1.28 bits per heavy atom. The average Bonchev–Trinajstić information content (AvgIpc) is 2.92. The number of benzene rings is 1. The van der Waals surface area contributed by atoms with Gasteiger partial charge in [-0.1, -0.05) is 25.0 Å². The molecule has 0 bridgehead atoms. The number of Topliss-reactive ketones (excluding diaryl/α,β-unsaturated/α-hetero) is 1. The summed E-state index contributed by atoms with van der Waals surface area (Å²) < 4.78 is 5.48. The van der Waals surface area contributed by atoms with Crippen LogP contribution in [-0.4, -0.2) is 19.0 Å². The van der Waals surface area contributed by atoms with E-state index in [-0.39, 0.29) is 12.4 Å². The van der Waals surface area contributed by atoms with E-state index in [9.17, 15) is 4.79 Å². The Balaban J connectivity index is 1.78. The van der Waals surface area contributed by atoms with Gasteiger partial charge in [0.25, 0.3) is 0 Å². The quantitative estimate of drug-likeness (QED) is 0.747. The van der Waals surface area contributed by atoms with Crippen molar-refractivity contribution in [1.29, 1.82) is 5.26 Å². The maximum absolute atomic E-state index is 11.8. The van der Waals surface area contributed by atoms with E-state index in [1.165, 1.54) is 25.7 Å². The van der Waals surface area contributed by atoms with Crippen LogP contribution in [0, 0.1) is 17.2 Å². The summed E-state index contributed by atoms with van der Waals surface area (Å²) in [6.07, 6.45) is 5.03. The van der Waals surface area contributed by atoms with E-state index in [0.29, 0.717) is 23.7 Å². The van der Waals surface area contributed by atoms with Gasteiger partial charge in [-0.15, -0.1) is 0 Å². The highest BCUT2D eigenvalue weighted by molar-refractivity contribution is 5.97. The van der Waals surface area contributed by atoms with Gasteiger partial charge >= 0.3 is 0 Å². The third-order valence-corrected chi connectivity index (χ3v) is 3.40. The first-order valence-electron chi connectivity index (χ1n) is 6.40. The molecule has 1 saturated carbocycles. The Labute approximate surface area is 107 Å². The highest BCUT2D eigenvalue weighted by atomic mass is 16.5. The van der Waals surface area contributed by atoms with E-state index in [1.54, 1.807) is 24.3 Å². The molecule has 0 heterocycles. The molecule has 0 N–H and O–H groups in total. The van der Waals surface area contributed by atoms with Crippen molar-refractivity contribution in [2.45, 2.75) is 25.7 Å². The molecule has 1 aliphatic rings. The standard InChI is InChI=1S/C15H17NO2/c16-9-12-5-7-14(8-6-12)15(17)11-18-10-13-3-1-2-4-13/h5-8,13H,1-4,10-11H2. The van der Waals surface area contributed by atoms with E-state index in [0.717, 1.165) is 0 Å². The van der Waals surface area contributed by atoms with Gasteiger partial charge in [-0.25, -0.2) is 0 Å². The first-order valence-corrected chi connectivity index (χ1v) is 6.40. The zero-order valence-corrected chi connectivity index (χ0v) is 10.4. The summed E-state index contributed by atoms with van der Waals surface area (Å²) in [7, 11) is 0. The van der Waals surface area contributed by atoms with Crippen LogP contribution in [0.25, 0.3) is 0 Å². The summed E-state index contributed by atoms with van der Waals surface area (Å²) in [5.41, 5.74) is 1.18. The van der Waals surface area contributed by atoms with Crippen molar-refractivity contribution >= 4 is 5.78 Å². The molecule has 1 fully saturated rings. The summed E-state index contributed by atoms with van der Waals surface area (Å²) in [5.74, 6) is 0.622. The molecule has 0 aliphatic heterocycles. The first-order chi connectivity index (χ1) is 8.79. The molecule has 0 radical (unpaired) electrons. The smallest absolute Gasteiger partial charge is 0.188 e. The van der Waals surface area contributed by atoms with Crippen LogP contribution >= 0.6 is 0 Å². The molecule has 0 amide bonds. The van der Waals surface area contributed by atoms with Crippen LogP contribution in [0.15, 0.2) is 24.3 Å². The van der Waals surface area contributed by atoms with Gasteiger partial charge in [0.2, 0.25) is 0 Å². The third-order valence-electron chi connectivity index (χ3n) is 3.40. The van der Waals surface area contributed by atoms with Crippen molar-refractivity contribution in [1.82, 2.24) is 0 Å². The minimum atomic E-state index is -0.0162. The Bertz CT molecular complexity index is 439. The van der Waals surface area contributed by atoms with Gasteiger partial charge < -0.3 is 4.74 Å². The van der Waals surface area contributed by atoms with Crippen molar-refractivity contribution in [3.05, 3.63) is 35.4 Å². The molecule has 94 valence electrons. The van der Waals surface area contributed by atoms with E-state index in [4.69, 9.17) is 10.00 Å². The molecule has 18 heavy (non-hydrogen) atoms. The van der Waals surface area contributed by atoms with E-state index < -0.39 is 0 Å². The molecule has 3 nitrogen and oxygen atoms in total. The van der Waals surface area contributed by atoms with Gasteiger partial charge in [-0.05, 0) is 30.9 Å². The number of nitrogens with zero attached hydrogens (tertiary/aromatic N) is 1. The van der Waals surface area contributed by atoms with Gasteiger partial charge in [0.15, 0.2) is 5.78 Å². The molecular weight excluding hydrogens is 226 g/mol. The predicted molar refractivity (Wildman–Crippen MR) is 68.3 cm³/mol. The maximum atomic E-state index is 11.8. The molecule has 1 aliphatic carbocycles. The zero-order valence-electron chi connectivity index (χ0n) is 10.4. The van der Waals surface area contributed by atoms with Crippen molar-refractivity contribution < 1.29 is 9.53 Å². The average molecular weight is 243 g/mol. The number of ether oxygens (including phenoxy) is 1. The molecular formula is C15H17NO2. The van der Waals surface area contributed by atoms with Crippen LogP contribution in [0.2, 0.25) is 0 Å². The number of hydrogen-bond donors (Lipinski definition) is 0. The molecule has 1 aromatic rings. The lowest BCUT2D eigenvalue weighted by Crippen LogP contribution is -2.13. The summed E-state index contributed by atoms with van der Waals surface area (Å²) in [6.45, 7) is 0.838. The van der Waals surface area contributed by atoms with Crippen LogP contribution in [-0.2, 0) is 4.74 Å². The summed E-state index contributed by atoms with van der Waals surface area (Å²) in [4.78, 5) is 11.8. The van der Waals surface area contributed by atoms with Crippen molar-refractivity contribution in [2.75, 3.05) is 13.2 Å². The topological polar surface area (TPSA) is 50.1 Å². The Kier molecular flexibility index (Phi) is 4.49. The number of carbonyl (C=O) groups is 1. The fourth-order valence-electron chi connectivity index (χ4n) is 2.31. The number of ketones is 1. The largest absolute Gasteiger partial charge is 0.373 e. The summed E-state index contributed by atoms with van der Waals surface area (Å²) in [5, 5.41) is 8.67. The fraction of sp³-hybridized carbons (Fsp3) is 0.467. The van der Waals surface area contributed by atoms with Crippen LogP contribution in [0.5, 0.6) is 0 Å². The second kappa shape index (κ2) is 6.32. The van der Waals surface area contributed by atoms with Gasteiger partial charge in [-0.2, -0.15) is 5.26 Å². The Hall–Kier alpha value is -1.66. The lowest BCUT2D eigenvalue weighted by Gasteiger charge is -2.09. The molecule has 0 unspecified atom stereocenters. The van der Waals surface area contributed by atoms with Gasteiger partial charge in [0.1, 0.15) is 6.61 Å². The molecule has 0 saturated heterocycles. The van der Waals surface area contributed by atoms with Crippen LogP contribution in [0.1, 0.15) is 41.6 Å². The fourth-order valence-corrected chi connectivity index (χ4v) is 2.31. The second-order valence-corrected chi connectivity index (χ2v) is 4.78. The lowest BCUT2D eigenvalue weighted by atomic mass is 10.1. The molecule has 1 aromatic carbocycles. The van der Waals surface area contributed by atoms with Crippen LogP contribution < -0.4 is 0 Å².